The number of nitrogens with zero attached hydrogens (tertiary/aromatic N) is 1. The van der Waals surface area contributed by atoms with Gasteiger partial charge in [0.1, 0.15) is 5.75 Å². The van der Waals surface area contributed by atoms with Crippen molar-refractivity contribution in [1.82, 2.24) is 10.6 Å². The number of aliphatic imine (C=N–C) groups is 1. The summed E-state index contributed by atoms with van der Waals surface area (Å²) in [5, 5.41) is 6.68. The Morgan fingerprint density at radius 2 is 1.82 bits per heavy atom. The highest BCUT2D eigenvalue weighted by Crippen LogP contribution is 2.24. The van der Waals surface area contributed by atoms with Gasteiger partial charge in [0.05, 0.1) is 6.61 Å². The Balaban J connectivity index is 0.00000392. The average Bonchev–Trinajstić information content (AvgIpc) is 2.64. The fourth-order valence-electron chi connectivity index (χ4n) is 2.48. The molecule has 0 saturated heterocycles. The van der Waals surface area contributed by atoms with Gasteiger partial charge in [-0.15, -0.1) is 24.0 Å². The van der Waals surface area contributed by atoms with Crippen molar-refractivity contribution in [3.63, 3.8) is 0 Å². The molecule has 2 aromatic carbocycles. The molecular formula is C19H23ClF2IN3O2. The standard InChI is InChI=1S/C19H22ClF2N3O2.HI/c1-23-19(24-10-13-4-3-5-14(8-13)12-26-2)25-11-15-9-16(20)6-7-17(15)27-18(21)22;/h3-9,18H,10-12H2,1-2H3,(H2,23,24,25);1H. The van der Waals surface area contributed by atoms with E-state index in [9.17, 15) is 8.78 Å². The molecule has 154 valence electrons. The molecule has 0 amide bonds. The summed E-state index contributed by atoms with van der Waals surface area (Å²) in [5.41, 5.74) is 2.65. The molecule has 0 aliphatic carbocycles. The minimum Gasteiger partial charge on any atom is -0.434 e. The molecular weight excluding hydrogens is 503 g/mol. The second kappa shape index (κ2) is 12.7. The number of hydrogen-bond donors (Lipinski definition) is 2. The van der Waals surface area contributed by atoms with E-state index in [4.69, 9.17) is 16.3 Å². The van der Waals surface area contributed by atoms with Gasteiger partial charge in [0, 0.05) is 37.8 Å². The third-order valence-corrected chi connectivity index (χ3v) is 3.91. The van der Waals surface area contributed by atoms with Crippen LogP contribution in [0.25, 0.3) is 0 Å². The number of benzene rings is 2. The summed E-state index contributed by atoms with van der Waals surface area (Å²) in [7, 11) is 3.28. The Hall–Kier alpha value is -1.65. The van der Waals surface area contributed by atoms with E-state index in [1.807, 2.05) is 24.3 Å². The first kappa shape index (κ1) is 24.4. The van der Waals surface area contributed by atoms with Crippen LogP contribution in [0.5, 0.6) is 5.75 Å². The fraction of sp³-hybridized carbons (Fsp3) is 0.316. The van der Waals surface area contributed by atoms with Gasteiger partial charge in [0.25, 0.3) is 0 Å². The summed E-state index contributed by atoms with van der Waals surface area (Å²) in [6.45, 7) is -1.58. The first-order valence-corrected chi connectivity index (χ1v) is 8.64. The summed E-state index contributed by atoms with van der Waals surface area (Å²) in [6.07, 6.45) is 0. The van der Waals surface area contributed by atoms with E-state index in [2.05, 4.69) is 20.4 Å². The van der Waals surface area contributed by atoms with E-state index in [0.29, 0.717) is 29.7 Å². The zero-order chi connectivity index (χ0) is 19.6. The molecule has 0 unspecified atom stereocenters. The Kier molecular flexibility index (Phi) is 11.1. The van der Waals surface area contributed by atoms with Crippen LogP contribution in [0.1, 0.15) is 16.7 Å². The van der Waals surface area contributed by atoms with Crippen molar-refractivity contribution < 1.29 is 18.3 Å². The summed E-state index contributed by atoms with van der Waals surface area (Å²) in [4.78, 5) is 4.14. The molecule has 0 bridgehead atoms. The molecule has 9 heteroatoms. The van der Waals surface area contributed by atoms with Crippen LogP contribution in [-0.4, -0.2) is 26.7 Å². The summed E-state index contributed by atoms with van der Waals surface area (Å²) in [5.74, 6) is 0.597. The van der Waals surface area contributed by atoms with Crippen molar-refractivity contribution in [3.8, 4) is 5.75 Å². The third kappa shape index (κ3) is 8.15. The molecule has 0 aliphatic rings. The molecule has 2 N–H and O–H groups in total. The number of halogens is 4. The number of methoxy groups -OCH3 is 1. The second-order valence-electron chi connectivity index (χ2n) is 5.66. The smallest absolute Gasteiger partial charge is 0.387 e. The summed E-state index contributed by atoms with van der Waals surface area (Å²) in [6, 6.07) is 12.5. The highest BCUT2D eigenvalue weighted by Gasteiger charge is 2.11. The van der Waals surface area contributed by atoms with Gasteiger partial charge in [-0.3, -0.25) is 4.99 Å². The molecule has 2 aromatic rings. The van der Waals surface area contributed by atoms with E-state index < -0.39 is 6.61 Å². The van der Waals surface area contributed by atoms with Crippen LogP contribution in [0, 0.1) is 0 Å². The van der Waals surface area contributed by atoms with Crippen LogP contribution < -0.4 is 15.4 Å². The zero-order valence-electron chi connectivity index (χ0n) is 15.5. The molecule has 0 radical (unpaired) electrons. The van der Waals surface area contributed by atoms with Crippen LogP contribution in [0.3, 0.4) is 0 Å². The maximum Gasteiger partial charge on any atom is 0.387 e. The van der Waals surface area contributed by atoms with Gasteiger partial charge < -0.3 is 20.1 Å². The molecule has 5 nitrogen and oxygen atoms in total. The van der Waals surface area contributed by atoms with Gasteiger partial charge in [-0.2, -0.15) is 8.78 Å². The number of hydrogen-bond acceptors (Lipinski definition) is 3. The minimum atomic E-state index is -2.90. The zero-order valence-corrected chi connectivity index (χ0v) is 18.6. The SMILES string of the molecule is CN=C(NCc1cccc(COC)c1)NCc1cc(Cl)ccc1OC(F)F.I. The van der Waals surface area contributed by atoms with E-state index >= 15 is 0 Å². The lowest BCUT2D eigenvalue weighted by Gasteiger charge is -2.15. The number of guanidine groups is 1. The monoisotopic (exact) mass is 525 g/mol. The predicted molar refractivity (Wildman–Crippen MR) is 118 cm³/mol. The van der Waals surface area contributed by atoms with E-state index in [1.54, 1.807) is 20.2 Å². The molecule has 0 atom stereocenters. The minimum absolute atomic E-state index is 0. The quantitative estimate of drug-likeness (QED) is 0.301. The largest absolute Gasteiger partial charge is 0.434 e. The number of ether oxygens (including phenoxy) is 2. The first-order chi connectivity index (χ1) is 13.0. The van der Waals surface area contributed by atoms with E-state index in [-0.39, 0.29) is 36.3 Å². The van der Waals surface area contributed by atoms with Gasteiger partial charge in [-0.1, -0.05) is 35.9 Å². The van der Waals surface area contributed by atoms with Gasteiger partial charge in [0.15, 0.2) is 5.96 Å². The maximum atomic E-state index is 12.5. The van der Waals surface area contributed by atoms with Crippen molar-refractivity contribution >= 4 is 41.5 Å². The highest BCUT2D eigenvalue weighted by molar-refractivity contribution is 14.0. The summed E-state index contributed by atoms with van der Waals surface area (Å²) < 4.78 is 34.7. The van der Waals surface area contributed by atoms with Crippen LogP contribution >= 0.6 is 35.6 Å². The van der Waals surface area contributed by atoms with Crippen molar-refractivity contribution in [2.45, 2.75) is 26.3 Å². The molecule has 0 aliphatic heterocycles. The Morgan fingerprint density at radius 1 is 1.11 bits per heavy atom. The van der Waals surface area contributed by atoms with Gasteiger partial charge in [-0.25, -0.2) is 0 Å². The molecule has 0 heterocycles. The van der Waals surface area contributed by atoms with E-state index in [1.165, 1.54) is 12.1 Å². The molecule has 28 heavy (non-hydrogen) atoms. The average molecular weight is 526 g/mol. The Bertz CT molecular complexity index is 779. The van der Waals surface area contributed by atoms with Gasteiger partial charge in [0.2, 0.25) is 0 Å². The van der Waals surface area contributed by atoms with Crippen molar-refractivity contribution in [1.29, 1.82) is 0 Å². The number of alkyl halides is 2. The van der Waals surface area contributed by atoms with Crippen molar-refractivity contribution in [2.24, 2.45) is 4.99 Å². The molecule has 0 saturated carbocycles. The van der Waals surface area contributed by atoms with Gasteiger partial charge >= 0.3 is 6.61 Å². The molecule has 0 aromatic heterocycles. The molecule has 0 fully saturated rings. The lowest BCUT2D eigenvalue weighted by molar-refractivity contribution is -0.0504. The first-order valence-electron chi connectivity index (χ1n) is 8.26. The van der Waals surface area contributed by atoms with Crippen LogP contribution in [-0.2, 0) is 24.4 Å². The molecule has 0 spiro atoms. The fourth-order valence-corrected chi connectivity index (χ4v) is 2.67. The Morgan fingerprint density at radius 3 is 2.50 bits per heavy atom. The predicted octanol–water partition coefficient (Wildman–Crippen LogP) is 4.57. The van der Waals surface area contributed by atoms with Crippen LogP contribution in [0.4, 0.5) is 8.78 Å². The topological polar surface area (TPSA) is 54.9 Å². The van der Waals surface area contributed by atoms with Crippen LogP contribution in [0.2, 0.25) is 5.02 Å². The second-order valence-corrected chi connectivity index (χ2v) is 6.10. The van der Waals surface area contributed by atoms with Crippen molar-refractivity contribution in [2.75, 3.05) is 14.2 Å². The normalized spacial score (nSPS) is 11.1. The third-order valence-electron chi connectivity index (χ3n) is 3.67. The van der Waals surface area contributed by atoms with Gasteiger partial charge in [-0.05, 0) is 29.3 Å². The molecule has 2 rings (SSSR count). The van der Waals surface area contributed by atoms with Crippen LogP contribution in [0.15, 0.2) is 47.5 Å². The Labute approximate surface area is 185 Å². The maximum absolute atomic E-state index is 12.5. The highest BCUT2D eigenvalue weighted by atomic mass is 127. The van der Waals surface area contributed by atoms with Crippen molar-refractivity contribution in [3.05, 3.63) is 64.2 Å². The lowest BCUT2D eigenvalue weighted by atomic mass is 10.1. The summed E-state index contributed by atoms with van der Waals surface area (Å²) >= 11 is 5.96. The number of nitrogens with one attached hydrogen (secondary N) is 2. The number of rotatable bonds is 8. The van der Waals surface area contributed by atoms with E-state index in [0.717, 1.165) is 11.1 Å². The lowest BCUT2D eigenvalue weighted by Crippen LogP contribution is -2.36.